The van der Waals surface area contributed by atoms with Crippen molar-refractivity contribution in [1.82, 2.24) is 9.88 Å². The van der Waals surface area contributed by atoms with Gasteiger partial charge in [0.1, 0.15) is 6.04 Å². The van der Waals surface area contributed by atoms with Crippen LogP contribution < -0.4 is 0 Å². The van der Waals surface area contributed by atoms with Crippen LogP contribution in [0.25, 0.3) is 10.9 Å². The zero-order valence-electron chi connectivity index (χ0n) is 12.3. The van der Waals surface area contributed by atoms with E-state index in [9.17, 15) is 4.79 Å². The van der Waals surface area contributed by atoms with Crippen molar-refractivity contribution in [3.8, 4) is 0 Å². The van der Waals surface area contributed by atoms with Crippen molar-refractivity contribution >= 4 is 16.9 Å². The first kappa shape index (κ1) is 14.0. The van der Waals surface area contributed by atoms with Crippen LogP contribution in [0, 0.1) is 0 Å². The highest BCUT2D eigenvalue weighted by Crippen LogP contribution is 2.21. The number of para-hydroxylation sites is 1. The lowest BCUT2D eigenvalue weighted by Crippen LogP contribution is -2.37. The summed E-state index contributed by atoms with van der Waals surface area (Å²) in [5.74, 6) is -0.101. The van der Waals surface area contributed by atoms with Crippen molar-refractivity contribution in [2.75, 3.05) is 13.2 Å². The SMILES string of the molecule is CCOC(=O)C1CCCN1Cc1ccc2ccccc2n1. The summed E-state index contributed by atoms with van der Waals surface area (Å²) < 4.78 is 5.16. The van der Waals surface area contributed by atoms with Gasteiger partial charge in [-0.25, -0.2) is 0 Å². The Labute approximate surface area is 124 Å². The molecule has 1 aliphatic heterocycles. The first-order chi connectivity index (χ1) is 10.3. The zero-order chi connectivity index (χ0) is 14.7. The predicted octanol–water partition coefficient (Wildman–Crippen LogP) is 2.76. The van der Waals surface area contributed by atoms with Gasteiger partial charge >= 0.3 is 5.97 Å². The molecule has 1 fully saturated rings. The van der Waals surface area contributed by atoms with Gasteiger partial charge in [0.2, 0.25) is 0 Å². The Balaban J connectivity index is 1.76. The molecule has 1 aliphatic rings. The highest BCUT2D eigenvalue weighted by Gasteiger charge is 2.31. The summed E-state index contributed by atoms with van der Waals surface area (Å²) in [7, 11) is 0. The number of carbonyl (C=O) groups is 1. The lowest BCUT2D eigenvalue weighted by Gasteiger charge is -2.22. The smallest absolute Gasteiger partial charge is 0.323 e. The Morgan fingerprint density at radius 1 is 1.33 bits per heavy atom. The standard InChI is InChI=1S/C17H20N2O2/c1-2-21-17(20)16-8-5-11-19(16)12-14-10-9-13-6-3-4-7-15(13)18-14/h3-4,6-7,9-10,16H,2,5,8,11-12H2,1H3. The van der Waals surface area contributed by atoms with Crippen molar-refractivity contribution in [2.45, 2.75) is 32.4 Å². The predicted molar refractivity (Wildman–Crippen MR) is 81.8 cm³/mol. The van der Waals surface area contributed by atoms with E-state index in [2.05, 4.69) is 22.0 Å². The molecule has 1 atom stereocenters. The number of aromatic nitrogens is 1. The lowest BCUT2D eigenvalue weighted by molar-refractivity contribution is -0.148. The molecule has 21 heavy (non-hydrogen) atoms. The van der Waals surface area contributed by atoms with Crippen molar-refractivity contribution in [3.05, 3.63) is 42.1 Å². The average Bonchev–Trinajstić information content (AvgIpc) is 2.95. The molecule has 0 saturated carbocycles. The molecule has 2 aromatic rings. The molecule has 3 rings (SSSR count). The van der Waals surface area contributed by atoms with Gasteiger partial charge in [-0.1, -0.05) is 24.3 Å². The molecule has 1 aromatic heterocycles. The Kier molecular flexibility index (Phi) is 4.15. The second kappa shape index (κ2) is 6.22. The maximum atomic E-state index is 12.0. The quantitative estimate of drug-likeness (QED) is 0.810. The van der Waals surface area contributed by atoms with E-state index in [4.69, 9.17) is 4.74 Å². The molecular weight excluding hydrogens is 264 g/mol. The number of carbonyl (C=O) groups excluding carboxylic acids is 1. The monoisotopic (exact) mass is 284 g/mol. The topological polar surface area (TPSA) is 42.4 Å². The number of hydrogen-bond acceptors (Lipinski definition) is 4. The van der Waals surface area contributed by atoms with Gasteiger partial charge in [0.15, 0.2) is 0 Å². The summed E-state index contributed by atoms with van der Waals surface area (Å²) >= 11 is 0. The summed E-state index contributed by atoms with van der Waals surface area (Å²) in [4.78, 5) is 18.8. The molecule has 4 heteroatoms. The average molecular weight is 284 g/mol. The first-order valence-corrected chi connectivity index (χ1v) is 7.53. The molecule has 0 N–H and O–H groups in total. The van der Waals surface area contributed by atoms with E-state index in [-0.39, 0.29) is 12.0 Å². The summed E-state index contributed by atoms with van der Waals surface area (Å²) in [6.07, 6.45) is 1.92. The van der Waals surface area contributed by atoms with Crippen LogP contribution in [0.3, 0.4) is 0 Å². The highest BCUT2D eigenvalue weighted by atomic mass is 16.5. The van der Waals surface area contributed by atoms with Gasteiger partial charge in [0.25, 0.3) is 0 Å². The third-order valence-electron chi connectivity index (χ3n) is 3.94. The van der Waals surface area contributed by atoms with Gasteiger partial charge in [0, 0.05) is 11.9 Å². The minimum Gasteiger partial charge on any atom is -0.465 e. The number of fused-ring (bicyclic) bond motifs is 1. The normalized spacial score (nSPS) is 19.0. The van der Waals surface area contributed by atoms with Gasteiger partial charge in [-0.3, -0.25) is 14.7 Å². The van der Waals surface area contributed by atoms with Crippen LogP contribution >= 0.6 is 0 Å². The van der Waals surface area contributed by atoms with E-state index in [1.807, 2.05) is 31.2 Å². The number of esters is 1. The number of hydrogen-bond donors (Lipinski definition) is 0. The van der Waals surface area contributed by atoms with E-state index in [1.54, 1.807) is 0 Å². The van der Waals surface area contributed by atoms with E-state index in [1.165, 1.54) is 0 Å². The van der Waals surface area contributed by atoms with E-state index >= 15 is 0 Å². The highest BCUT2D eigenvalue weighted by molar-refractivity contribution is 5.78. The molecule has 0 bridgehead atoms. The first-order valence-electron chi connectivity index (χ1n) is 7.53. The van der Waals surface area contributed by atoms with Crippen molar-refractivity contribution < 1.29 is 9.53 Å². The maximum Gasteiger partial charge on any atom is 0.323 e. The van der Waals surface area contributed by atoms with Crippen LogP contribution in [-0.2, 0) is 16.1 Å². The minimum atomic E-state index is -0.113. The van der Waals surface area contributed by atoms with Crippen molar-refractivity contribution in [1.29, 1.82) is 0 Å². The molecule has 110 valence electrons. The molecule has 0 amide bonds. The third kappa shape index (κ3) is 3.05. The van der Waals surface area contributed by atoms with E-state index in [0.29, 0.717) is 13.2 Å². The molecule has 1 unspecified atom stereocenters. The maximum absolute atomic E-state index is 12.0. The Morgan fingerprint density at radius 3 is 3.05 bits per heavy atom. The molecule has 0 radical (unpaired) electrons. The fourth-order valence-corrected chi connectivity index (χ4v) is 2.93. The number of pyridine rings is 1. The largest absolute Gasteiger partial charge is 0.465 e. The van der Waals surface area contributed by atoms with Crippen LogP contribution in [0.1, 0.15) is 25.5 Å². The molecule has 0 aliphatic carbocycles. The molecular formula is C17H20N2O2. The molecule has 4 nitrogen and oxygen atoms in total. The molecule has 1 saturated heterocycles. The Hall–Kier alpha value is -1.94. The number of rotatable bonds is 4. The number of benzene rings is 1. The van der Waals surface area contributed by atoms with Crippen LogP contribution in [0.5, 0.6) is 0 Å². The van der Waals surface area contributed by atoms with Gasteiger partial charge < -0.3 is 4.74 Å². The van der Waals surface area contributed by atoms with Crippen LogP contribution in [0.15, 0.2) is 36.4 Å². The second-order valence-corrected chi connectivity index (χ2v) is 5.38. The number of likely N-dealkylation sites (tertiary alicyclic amines) is 1. The summed E-state index contributed by atoms with van der Waals surface area (Å²) in [5, 5.41) is 1.14. The molecule has 2 heterocycles. The van der Waals surface area contributed by atoms with Crippen LogP contribution in [0.4, 0.5) is 0 Å². The van der Waals surface area contributed by atoms with Crippen LogP contribution in [-0.4, -0.2) is 35.0 Å². The fourth-order valence-electron chi connectivity index (χ4n) is 2.93. The van der Waals surface area contributed by atoms with Crippen LogP contribution in [0.2, 0.25) is 0 Å². The third-order valence-corrected chi connectivity index (χ3v) is 3.94. The second-order valence-electron chi connectivity index (χ2n) is 5.38. The van der Waals surface area contributed by atoms with Crippen molar-refractivity contribution in [2.24, 2.45) is 0 Å². The van der Waals surface area contributed by atoms with Gasteiger partial charge in [-0.2, -0.15) is 0 Å². The minimum absolute atomic E-state index is 0.101. The fraction of sp³-hybridized carbons (Fsp3) is 0.412. The number of ether oxygens (including phenoxy) is 1. The molecule has 0 spiro atoms. The number of nitrogens with zero attached hydrogens (tertiary/aromatic N) is 2. The Bertz CT molecular complexity index is 641. The van der Waals surface area contributed by atoms with E-state index < -0.39 is 0 Å². The van der Waals surface area contributed by atoms with Gasteiger partial charge in [0.05, 0.1) is 17.8 Å². The summed E-state index contributed by atoms with van der Waals surface area (Å²) in [6.45, 7) is 3.92. The zero-order valence-corrected chi connectivity index (χ0v) is 12.3. The van der Waals surface area contributed by atoms with Crippen molar-refractivity contribution in [3.63, 3.8) is 0 Å². The lowest BCUT2D eigenvalue weighted by atomic mass is 10.2. The molecule has 1 aromatic carbocycles. The van der Waals surface area contributed by atoms with Gasteiger partial charge in [-0.15, -0.1) is 0 Å². The summed E-state index contributed by atoms with van der Waals surface area (Å²) in [5.41, 5.74) is 2.01. The Morgan fingerprint density at radius 2 is 2.19 bits per heavy atom. The van der Waals surface area contributed by atoms with E-state index in [0.717, 1.165) is 36.0 Å². The summed E-state index contributed by atoms with van der Waals surface area (Å²) in [6, 6.07) is 12.1. The van der Waals surface area contributed by atoms with Gasteiger partial charge in [-0.05, 0) is 38.4 Å².